The average molecular weight is 1610 g/mol. The molecule has 113 heavy (non-hydrogen) atoms. The zero-order valence-corrected chi connectivity index (χ0v) is 65.8. The molecule has 10 aromatic rings. The summed E-state index contributed by atoms with van der Waals surface area (Å²) >= 11 is 14.3. The van der Waals surface area contributed by atoms with Gasteiger partial charge in [0.25, 0.3) is 0 Å². The minimum Gasteiger partial charge on any atom is -0.406 e. The number of hydrogen-bond donors (Lipinski definition) is 1. The van der Waals surface area contributed by atoms with Gasteiger partial charge in [0.2, 0.25) is 11.6 Å². The second-order valence-electron chi connectivity index (χ2n) is 28.8. The van der Waals surface area contributed by atoms with Crippen LogP contribution in [0.1, 0.15) is 80.6 Å². The Morgan fingerprint density at radius 1 is 0.407 bits per heavy atom. The van der Waals surface area contributed by atoms with Gasteiger partial charge in [-0.2, -0.15) is 0 Å². The fourth-order valence-electron chi connectivity index (χ4n) is 14.3. The Morgan fingerprint density at radius 3 is 1.06 bits per heavy atom. The monoisotopic (exact) mass is 1610 g/mol. The van der Waals surface area contributed by atoms with E-state index in [4.69, 9.17) is 75.3 Å². The summed E-state index contributed by atoms with van der Waals surface area (Å²) in [6.45, 7) is 8.19. The summed E-state index contributed by atoms with van der Waals surface area (Å²) < 4.78 is 170. The lowest BCUT2D eigenvalue weighted by Crippen LogP contribution is -2.69. The third-order valence-corrected chi connectivity index (χ3v) is 24.3. The topological polar surface area (TPSA) is 140 Å². The number of benzene rings is 10. The molecule has 10 aromatic carbocycles. The van der Waals surface area contributed by atoms with Crippen molar-refractivity contribution in [1.82, 2.24) is 0 Å². The third kappa shape index (κ3) is 21.6. The second-order valence-corrected chi connectivity index (χ2v) is 32.9. The van der Waals surface area contributed by atoms with Gasteiger partial charge in [-0.3, -0.25) is 0 Å². The minimum absolute atomic E-state index is 0.00101. The van der Waals surface area contributed by atoms with Crippen molar-refractivity contribution in [2.75, 3.05) is 20.8 Å². The van der Waals surface area contributed by atoms with E-state index in [1.54, 1.807) is 30.3 Å². The second kappa shape index (κ2) is 38.4. The summed E-state index contributed by atoms with van der Waals surface area (Å²) in [5, 5.41) is 14.2. The van der Waals surface area contributed by atoms with E-state index in [1.165, 1.54) is 62.8 Å². The summed E-state index contributed by atoms with van der Waals surface area (Å²) in [7, 11) is 1.40. The smallest absolute Gasteiger partial charge is 0.406 e. The van der Waals surface area contributed by atoms with Crippen LogP contribution in [-0.4, -0.2) is 108 Å². The van der Waals surface area contributed by atoms with E-state index >= 15 is 0 Å². The maximum Gasteiger partial charge on any atom is 0.573 e. The largest absolute Gasteiger partial charge is 0.573 e. The van der Waals surface area contributed by atoms with Crippen LogP contribution >= 0.6 is 23.2 Å². The summed E-state index contributed by atoms with van der Waals surface area (Å²) in [4.78, 5) is 0. The van der Waals surface area contributed by atoms with Crippen molar-refractivity contribution >= 4 is 32.0 Å². The van der Waals surface area contributed by atoms with Gasteiger partial charge in [0.15, 0.2) is 0 Å². The van der Waals surface area contributed by atoms with Gasteiger partial charge < -0.3 is 66.7 Å². The van der Waals surface area contributed by atoms with Crippen molar-refractivity contribution in [3.05, 3.63) is 344 Å². The molecule has 14 nitrogen and oxygen atoms in total. The standard InChI is InChI=1S/C90H91Cl2F6O14Si/c1-86(2,113(5)6)83(77(99)79-80(103-54-63-27-15-8-16-28-63)82(105-56-65-31-19-10-20-32-65)85(107-58-67-35-23-12-24-36-67)88(101-4,112-79)71-42-48-75(92)69(52-71)50-61-39-45-73(46-40-61)110-90(96,97)98)108-59-76-78(102-53-62-25-13-7-14-26-62)81(104-55-64-29-17-9-18-30-64)84(106-57-66-33-21-11-22-34-66)87(100-3,111-76)70-41-47-74(91)68(51-70)49-60-37-43-72(44-38-60)109-89(93,94)95/h7-48,51-52,76-85,99H,49-50,53-59H2,1-6H3/t76-,77?,78-,79-,80-,81+,82+,83?,84-,85-,87+,88+/m1/s1. The van der Waals surface area contributed by atoms with E-state index < -0.39 is 105 Å². The normalized spacial score (nSPS) is 22.1. The highest BCUT2D eigenvalue weighted by Crippen LogP contribution is 2.50. The van der Waals surface area contributed by atoms with Crippen molar-refractivity contribution in [1.29, 1.82) is 0 Å². The van der Waals surface area contributed by atoms with E-state index in [9.17, 15) is 31.4 Å². The summed E-state index contributed by atoms with van der Waals surface area (Å²) in [6.07, 6.45) is -22.0. The Labute approximate surface area is 667 Å². The van der Waals surface area contributed by atoms with Crippen molar-refractivity contribution in [3.63, 3.8) is 0 Å². The predicted octanol–water partition coefficient (Wildman–Crippen LogP) is 19.9. The highest BCUT2D eigenvalue weighted by Gasteiger charge is 2.63. The molecule has 0 spiro atoms. The first-order chi connectivity index (χ1) is 54.4. The number of aliphatic hydroxyl groups is 1. The van der Waals surface area contributed by atoms with Crippen LogP contribution in [0.25, 0.3) is 0 Å². The third-order valence-electron chi connectivity index (χ3n) is 20.7. The van der Waals surface area contributed by atoms with Crippen molar-refractivity contribution in [3.8, 4) is 11.5 Å². The van der Waals surface area contributed by atoms with Crippen LogP contribution < -0.4 is 9.47 Å². The molecule has 2 aliphatic heterocycles. The molecule has 2 aliphatic rings. The first-order valence-corrected chi connectivity index (χ1v) is 40.4. The zero-order valence-electron chi connectivity index (χ0n) is 63.3. The van der Waals surface area contributed by atoms with E-state index in [0.717, 1.165) is 33.4 Å². The molecule has 12 rings (SSSR count). The molecule has 0 saturated carbocycles. The average Bonchev–Trinajstić information content (AvgIpc) is 0.736. The summed E-state index contributed by atoms with van der Waals surface area (Å²) in [5.41, 5.74) is 7.98. The molecule has 0 aliphatic carbocycles. The molecule has 2 saturated heterocycles. The molecule has 0 aromatic heterocycles. The van der Waals surface area contributed by atoms with Gasteiger partial charge >= 0.3 is 12.7 Å². The highest BCUT2D eigenvalue weighted by atomic mass is 35.5. The van der Waals surface area contributed by atoms with Crippen LogP contribution in [0.3, 0.4) is 0 Å². The number of halogens is 8. The Bertz CT molecular complexity index is 4570. The molecule has 2 heterocycles. The Balaban J connectivity index is 1.01. The van der Waals surface area contributed by atoms with Crippen LogP contribution in [0.5, 0.6) is 11.5 Å². The number of methoxy groups -OCH3 is 2. The lowest BCUT2D eigenvalue weighted by Gasteiger charge is -2.55. The SMILES string of the molecule is CO[C@@]1(c2ccc(Cl)c(Cc3ccc(OC(F)(F)F)cc3)c2)O[C@H](C(O)C(OC[C@H]2O[C@@](OC)(c3ccc(Cl)c(Cc4ccc(OC(F)(F)F)cc4)c3)[C@H](OCc3ccccc3)[C@@H](OCc3ccccc3)[C@@H]2OCc2ccccc2)C(C)(C)[Si](C)C)[C@@H](OCc2ccccc2)[C@H](OCc2ccccc2)[C@H]1OCc1ccccc1. The first-order valence-electron chi connectivity index (χ1n) is 37.2. The van der Waals surface area contributed by atoms with Crippen LogP contribution in [-0.2, 0) is 116 Å². The van der Waals surface area contributed by atoms with Gasteiger partial charge in [-0.05, 0) is 122 Å². The Hall–Kier alpha value is -8.30. The van der Waals surface area contributed by atoms with Gasteiger partial charge in [-0.15, -0.1) is 26.3 Å². The lowest BCUT2D eigenvalue weighted by molar-refractivity contribution is -0.397. The molecule has 2 fully saturated rings. The van der Waals surface area contributed by atoms with Crippen molar-refractivity contribution in [2.24, 2.45) is 0 Å². The fourth-order valence-corrected chi connectivity index (χ4v) is 15.5. The molecule has 595 valence electrons. The van der Waals surface area contributed by atoms with E-state index in [1.807, 2.05) is 202 Å². The van der Waals surface area contributed by atoms with Gasteiger partial charge in [0, 0.05) is 35.4 Å². The quantitative estimate of drug-likeness (QED) is 0.0298. The maximum atomic E-state index is 14.5. The molecule has 2 unspecified atom stereocenters. The molecule has 1 N–H and O–H groups in total. The van der Waals surface area contributed by atoms with Crippen LogP contribution in [0.15, 0.2) is 267 Å². The number of rotatable bonds is 35. The Kier molecular flexibility index (Phi) is 28.6. The number of hydrogen-bond acceptors (Lipinski definition) is 14. The molecule has 0 amide bonds. The molecule has 0 bridgehead atoms. The van der Waals surface area contributed by atoms with E-state index in [0.29, 0.717) is 43.4 Å². The molecular weight excluding hydrogens is 1520 g/mol. The number of aliphatic hydroxyl groups excluding tert-OH is 1. The van der Waals surface area contributed by atoms with Crippen LogP contribution in [0.2, 0.25) is 28.2 Å². The van der Waals surface area contributed by atoms with Crippen molar-refractivity contribution < 1.29 is 93.0 Å². The highest BCUT2D eigenvalue weighted by molar-refractivity contribution is 6.59. The van der Waals surface area contributed by atoms with Gasteiger partial charge in [0.05, 0.1) is 61.1 Å². The van der Waals surface area contributed by atoms with Gasteiger partial charge in [0.1, 0.15) is 66.4 Å². The van der Waals surface area contributed by atoms with Crippen LogP contribution in [0, 0.1) is 0 Å². The maximum absolute atomic E-state index is 14.5. The first kappa shape index (κ1) is 84.1. The summed E-state index contributed by atoms with van der Waals surface area (Å²) in [6, 6.07) is 79.2. The summed E-state index contributed by atoms with van der Waals surface area (Å²) in [5.74, 6) is -4.74. The van der Waals surface area contributed by atoms with Gasteiger partial charge in [-0.25, -0.2) is 0 Å². The molecule has 1 radical (unpaired) electrons. The Morgan fingerprint density at radius 2 is 0.726 bits per heavy atom. The number of alkyl halides is 6. The van der Waals surface area contributed by atoms with Gasteiger partial charge in [-0.1, -0.05) is 269 Å². The fraction of sp³-hybridized carbons (Fsp3) is 0.333. The lowest BCUT2D eigenvalue weighted by atomic mass is 9.82. The van der Waals surface area contributed by atoms with E-state index in [-0.39, 0.29) is 64.8 Å². The molecular formula is C90H91Cl2F6O14Si. The van der Waals surface area contributed by atoms with Crippen LogP contribution in [0.4, 0.5) is 26.3 Å². The van der Waals surface area contributed by atoms with E-state index in [2.05, 4.69) is 22.6 Å². The molecule has 23 heteroatoms. The minimum atomic E-state index is -4.91. The zero-order chi connectivity index (χ0) is 79.8. The number of ether oxygens (including phenoxy) is 13. The predicted molar refractivity (Wildman–Crippen MR) is 419 cm³/mol. The molecule has 12 atom stereocenters. The van der Waals surface area contributed by atoms with Crippen molar-refractivity contribution in [2.45, 2.75) is 170 Å².